The van der Waals surface area contributed by atoms with Crippen molar-refractivity contribution in [2.45, 2.75) is 180 Å². The van der Waals surface area contributed by atoms with Crippen molar-refractivity contribution in [1.29, 1.82) is 0 Å². The molecule has 0 aromatic rings. The van der Waals surface area contributed by atoms with Gasteiger partial charge in [0.05, 0.1) is 36.6 Å². The molecule has 42 heavy (non-hydrogen) atoms. The molecule has 0 saturated carbocycles. The Labute approximate surface area is 264 Å². The lowest BCUT2D eigenvalue weighted by molar-refractivity contribution is 0.0304. The summed E-state index contributed by atoms with van der Waals surface area (Å²) in [7, 11) is 0. The molecule has 6 bridgehead atoms. The van der Waals surface area contributed by atoms with E-state index in [9.17, 15) is 0 Å². The van der Waals surface area contributed by atoms with Gasteiger partial charge in [0.25, 0.3) is 0 Å². The minimum atomic E-state index is 0. The van der Waals surface area contributed by atoms with Gasteiger partial charge < -0.3 is 14.2 Å². The minimum Gasteiger partial charge on any atom is -0.370 e. The van der Waals surface area contributed by atoms with E-state index in [1.165, 1.54) is 19.3 Å². The Morgan fingerprint density at radius 2 is 0.929 bits per heavy atom. The lowest BCUT2D eigenvalue weighted by Gasteiger charge is -2.30. The second-order valence-electron chi connectivity index (χ2n) is 14.9. The number of hydrogen-bond donors (Lipinski definition) is 0. The van der Waals surface area contributed by atoms with Crippen LogP contribution in [0.25, 0.3) is 0 Å². The molecule has 3 fully saturated rings. The third-order valence-electron chi connectivity index (χ3n) is 9.06. The molecule has 6 aliphatic rings. The minimum absolute atomic E-state index is 0. The Morgan fingerprint density at radius 3 is 1.33 bits per heavy atom. The first kappa shape index (κ1) is 41.1. The van der Waals surface area contributed by atoms with Crippen molar-refractivity contribution in [3.63, 3.8) is 0 Å². The van der Waals surface area contributed by atoms with Crippen LogP contribution in [0.3, 0.4) is 0 Å². The second kappa shape index (κ2) is 18.2. The van der Waals surface area contributed by atoms with Crippen molar-refractivity contribution in [1.82, 2.24) is 0 Å². The summed E-state index contributed by atoms with van der Waals surface area (Å²) in [6.07, 6.45) is 22.1. The van der Waals surface area contributed by atoms with Crippen LogP contribution in [0.15, 0.2) is 36.5 Å². The fourth-order valence-electron chi connectivity index (χ4n) is 6.85. The third kappa shape index (κ3) is 11.6. The summed E-state index contributed by atoms with van der Waals surface area (Å²) in [4.78, 5) is 0. The van der Waals surface area contributed by atoms with Crippen LogP contribution in [0.1, 0.15) is 143 Å². The number of fused-ring (bicyclic) bond motifs is 6. The van der Waals surface area contributed by atoms with Gasteiger partial charge in [-0.3, -0.25) is 0 Å². The Hall–Kier alpha value is -0.900. The average molecular weight is 591 g/mol. The molecule has 9 unspecified atom stereocenters. The van der Waals surface area contributed by atoms with Crippen LogP contribution < -0.4 is 0 Å². The summed E-state index contributed by atoms with van der Waals surface area (Å²) in [6.45, 7) is 32.8. The normalized spacial score (nSPS) is 34.5. The Balaban J connectivity index is 0.000000545. The van der Waals surface area contributed by atoms with Crippen molar-refractivity contribution < 1.29 is 14.2 Å². The van der Waals surface area contributed by atoms with Gasteiger partial charge in [0.15, 0.2) is 0 Å². The van der Waals surface area contributed by atoms with Crippen LogP contribution in [0, 0.1) is 34.0 Å². The van der Waals surface area contributed by atoms with Crippen molar-refractivity contribution >= 4 is 0 Å². The van der Waals surface area contributed by atoms with Gasteiger partial charge >= 0.3 is 0 Å². The van der Waals surface area contributed by atoms with Gasteiger partial charge in [-0.05, 0) is 66.1 Å². The molecular weight excluding hydrogens is 516 g/mol. The fraction of sp³-hybridized carbons (Fsp3) is 0.846. The van der Waals surface area contributed by atoms with Crippen molar-refractivity contribution in [3.05, 3.63) is 36.5 Å². The number of hydrogen-bond acceptors (Lipinski definition) is 3. The highest BCUT2D eigenvalue weighted by Gasteiger charge is 2.43. The zero-order chi connectivity index (χ0) is 31.6. The van der Waals surface area contributed by atoms with E-state index in [-0.39, 0.29) is 7.43 Å². The fourth-order valence-corrected chi connectivity index (χ4v) is 6.85. The first-order chi connectivity index (χ1) is 19.2. The molecule has 3 heteroatoms. The van der Waals surface area contributed by atoms with Crippen LogP contribution >= 0.6 is 0 Å². The average Bonchev–Trinajstić information content (AvgIpc) is 3.70. The summed E-state index contributed by atoms with van der Waals surface area (Å²) in [5, 5.41) is 0. The topological polar surface area (TPSA) is 27.7 Å². The predicted molar refractivity (Wildman–Crippen MR) is 186 cm³/mol. The molecular formula is C39H74O3. The third-order valence-corrected chi connectivity index (χ3v) is 9.06. The molecule has 0 aliphatic carbocycles. The molecule has 248 valence electrons. The van der Waals surface area contributed by atoms with Crippen molar-refractivity contribution in [3.8, 4) is 0 Å². The highest BCUT2D eigenvalue weighted by atomic mass is 16.5. The molecule has 3 saturated heterocycles. The van der Waals surface area contributed by atoms with Crippen LogP contribution in [0.2, 0.25) is 0 Å². The van der Waals surface area contributed by atoms with E-state index in [0.717, 1.165) is 30.6 Å². The summed E-state index contributed by atoms with van der Waals surface area (Å²) in [6, 6.07) is 0. The Kier molecular flexibility index (Phi) is 17.8. The molecule has 9 atom stereocenters. The largest absolute Gasteiger partial charge is 0.370 e. The van der Waals surface area contributed by atoms with Crippen LogP contribution in [-0.4, -0.2) is 36.6 Å². The monoisotopic (exact) mass is 591 g/mol. The molecule has 3 nitrogen and oxygen atoms in total. The quantitative estimate of drug-likeness (QED) is 0.263. The molecule has 6 heterocycles. The van der Waals surface area contributed by atoms with E-state index in [2.05, 4.69) is 98.8 Å². The van der Waals surface area contributed by atoms with E-state index >= 15 is 0 Å². The van der Waals surface area contributed by atoms with Gasteiger partial charge in [-0.15, -0.1) is 0 Å². The standard InChI is InChI=1S/2C11H18O.C10H16O.3C2H6.CH4/c2*1-11(2,3)9-7-8-5-4-6-10(9)12-8;1-10(2,3)8-6-7-4-5-9(8)11-7;3*1-2;/h4,6,8-10H,5,7H2,1-3H3;4-5,8-10H,6-7H2,1-3H3;4-5,7-9H,6H2,1-3H3;3*1-2H3;1H4. The van der Waals surface area contributed by atoms with E-state index in [4.69, 9.17) is 14.2 Å². The Morgan fingerprint density at radius 1 is 0.476 bits per heavy atom. The number of rotatable bonds is 0. The van der Waals surface area contributed by atoms with E-state index in [1.54, 1.807) is 0 Å². The molecule has 6 rings (SSSR count). The summed E-state index contributed by atoms with van der Waals surface area (Å²) in [5.41, 5.74) is 1.21. The lowest BCUT2D eigenvalue weighted by Crippen LogP contribution is -2.28. The molecule has 0 amide bonds. The van der Waals surface area contributed by atoms with E-state index in [1.807, 2.05) is 41.5 Å². The van der Waals surface area contributed by atoms with Gasteiger partial charge in [-0.1, -0.05) is 148 Å². The van der Waals surface area contributed by atoms with Crippen molar-refractivity contribution in [2.24, 2.45) is 34.0 Å². The zero-order valence-corrected chi connectivity index (χ0v) is 29.9. The summed E-state index contributed by atoms with van der Waals surface area (Å²) < 4.78 is 17.4. The number of ether oxygens (including phenoxy) is 3. The van der Waals surface area contributed by atoms with E-state index in [0.29, 0.717) is 52.9 Å². The highest BCUT2D eigenvalue weighted by molar-refractivity contribution is 5.12. The second-order valence-corrected chi connectivity index (χ2v) is 14.9. The maximum absolute atomic E-state index is 5.85. The zero-order valence-electron chi connectivity index (χ0n) is 29.9. The van der Waals surface area contributed by atoms with E-state index < -0.39 is 0 Å². The van der Waals surface area contributed by atoms with Gasteiger partial charge in [0.1, 0.15) is 0 Å². The summed E-state index contributed by atoms with van der Waals surface area (Å²) >= 11 is 0. The summed E-state index contributed by atoms with van der Waals surface area (Å²) in [5.74, 6) is 2.20. The van der Waals surface area contributed by atoms with Crippen LogP contribution in [-0.2, 0) is 14.2 Å². The Bertz CT molecular complexity index is 803. The van der Waals surface area contributed by atoms with Gasteiger partial charge in [0, 0.05) is 0 Å². The van der Waals surface area contributed by atoms with Crippen molar-refractivity contribution in [2.75, 3.05) is 0 Å². The SMILES string of the molecule is C.CC.CC.CC.CC(C)(C)C1CC2C=CC1O2.CC(C)(C)C1CC2C=CCC1O2.CC(C)(C)C1CC2CC=CC1O2. The maximum Gasteiger partial charge on any atom is 0.0799 e. The first-order valence-electron chi connectivity index (χ1n) is 17.2. The predicted octanol–water partition coefficient (Wildman–Crippen LogP) is 11.6. The molecule has 0 N–H and O–H groups in total. The first-order valence-corrected chi connectivity index (χ1v) is 17.2. The lowest BCUT2D eigenvalue weighted by atomic mass is 9.74. The van der Waals surface area contributed by atoms with Crippen LogP contribution in [0.5, 0.6) is 0 Å². The molecule has 0 aromatic carbocycles. The molecule has 0 radical (unpaired) electrons. The maximum atomic E-state index is 5.85. The van der Waals surface area contributed by atoms with Gasteiger partial charge in [-0.25, -0.2) is 0 Å². The van der Waals surface area contributed by atoms with Crippen LogP contribution in [0.4, 0.5) is 0 Å². The molecule has 0 spiro atoms. The highest BCUT2D eigenvalue weighted by Crippen LogP contribution is 2.45. The van der Waals surface area contributed by atoms with Gasteiger partial charge in [0.2, 0.25) is 0 Å². The smallest absolute Gasteiger partial charge is 0.0799 e. The van der Waals surface area contributed by atoms with Gasteiger partial charge in [-0.2, -0.15) is 0 Å². The molecule has 6 aliphatic heterocycles. The molecule has 0 aromatic heterocycles.